The molecule has 1 aliphatic rings. The fourth-order valence-electron chi connectivity index (χ4n) is 2.78. The van der Waals surface area contributed by atoms with Crippen molar-refractivity contribution in [3.05, 3.63) is 0 Å². The van der Waals surface area contributed by atoms with E-state index in [0.29, 0.717) is 23.5 Å². The summed E-state index contributed by atoms with van der Waals surface area (Å²) >= 11 is 0. The Bertz CT molecular complexity index is 284. The van der Waals surface area contributed by atoms with Crippen LogP contribution in [0.1, 0.15) is 53.9 Å². The number of rotatable bonds is 4. The number of piperazine rings is 1. The highest BCUT2D eigenvalue weighted by Crippen LogP contribution is 2.26. The summed E-state index contributed by atoms with van der Waals surface area (Å²) in [5.74, 6) is 3.01. The Kier molecular flexibility index (Phi) is 5.69. The van der Waals surface area contributed by atoms with E-state index in [1.165, 1.54) is 6.42 Å². The number of hydrogen-bond donors (Lipinski definition) is 1. The molecule has 104 valence electrons. The van der Waals surface area contributed by atoms with Crippen molar-refractivity contribution in [1.82, 2.24) is 10.2 Å². The average Bonchev–Trinajstić information content (AvgIpc) is 2.34. The van der Waals surface area contributed by atoms with Crippen LogP contribution in [0.2, 0.25) is 0 Å². The second-order valence-electron chi connectivity index (χ2n) is 6.56. The molecule has 0 aromatic carbocycles. The fraction of sp³-hybridized carbons (Fsp3) is 0.875. The van der Waals surface area contributed by atoms with E-state index in [9.17, 15) is 0 Å². The fourth-order valence-corrected chi connectivity index (χ4v) is 2.78. The number of nitrogens with zero attached hydrogens (tertiary/aromatic N) is 1. The molecule has 1 heterocycles. The molecule has 0 radical (unpaired) electrons. The SMILES string of the molecule is C#CC(CCC)N1CC(C(C)(C)C)NCC1CC. The van der Waals surface area contributed by atoms with Crippen LogP contribution in [0.15, 0.2) is 0 Å². The molecule has 1 rings (SSSR count). The van der Waals surface area contributed by atoms with E-state index in [2.05, 4.69) is 50.8 Å². The molecule has 0 bridgehead atoms. The molecule has 2 heteroatoms. The summed E-state index contributed by atoms with van der Waals surface area (Å²) in [7, 11) is 0. The van der Waals surface area contributed by atoms with Gasteiger partial charge in [-0.2, -0.15) is 0 Å². The lowest BCUT2D eigenvalue weighted by Crippen LogP contribution is -2.62. The lowest BCUT2D eigenvalue weighted by Gasteiger charge is -2.47. The molecule has 1 aliphatic heterocycles. The van der Waals surface area contributed by atoms with E-state index in [1.54, 1.807) is 0 Å². The largest absolute Gasteiger partial charge is 0.311 e. The number of terminal acetylenes is 1. The zero-order chi connectivity index (χ0) is 13.8. The molecule has 0 aromatic heterocycles. The Morgan fingerprint density at radius 1 is 1.39 bits per heavy atom. The first-order chi connectivity index (χ1) is 8.43. The minimum Gasteiger partial charge on any atom is -0.311 e. The number of hydrogen-bond acceptors (Lipinski definition) is 2. The third-order valence-corrected chi connectivity index (χ3v) is 4.13. The second-order valence-corrected chi connectivity index (χ2v) is 6.56. The first kappa shape index (κ1) is 15.5. The van der Waals surface area contributed by atoms with E-state index in [0.717, 1.165) is 25.9 Å². The Hall–Kier alpha value is -0.520. The highest BCUT2D eigenvalue weighted by atomic mass is 15.3. The Morgan fingerprint density at radius 3 is 2.50 bits per heavy atom. The zero-order valence-electron chi connectivity index (χ0n) is 12.8. The van der Waals surface area contributed by atoms with Gasteiger partial charge in [0.2, 0.25) is 0 Å². The smallest absolute Gasteiger partial charge is 0.0715 e. The van der Waals surface area contributed by atoms with Crippen LogP contribution in [0, 0.1) is 17.8 Å². The minimum absolute atomic E-state index is 0.294. The van der Waals surface area contributed by atoms with Crippen molar-refractivity contribution in [3.8, 4) is 12.3 Å². The maximum absolute atomic E-state index is 5.75. The van der Waals surface area contributed by atoms with E-state index in [1.807, 2.05) is 0 Å². The van der Waals surface area contributed by atoms with Crippen LogP contribution in [0.25, 0.3) is 0 Å². The van der Waals surface area contributed by atoms with Crippen LogP contribution >= 0.6 is 0 Å². The first-order valence-corrected chi connectivity index (χ1v) is 7.39. The van der Waals surface area contributed by atoms with Gasteiger partial charge in [-0.15, -0.1) is 6.42 Å². The van der Waals surface area contributed by atoms with E-state index in [-0.39, 0.29) is 0 Å². The molecule has 0 aromatic rings. The molecule has 0 amide bonds. The third-order valence-electron chi connectivity index (χ3n) is 4.13. The van der Waals surface area contributed by atoms with Crippen LogP contribution in [0.5, 0.6) is 0 Å². The highest BCUT2D eigenvalue weighted by molar-refractivity contribution is 5.04. The molecule has 1 fully saturated rings. The first-order valence-electron chi connectivity index (χ1n) is 7.39. The Balaban J connectivity index is 2.79. The molecule has 18 heavy (non-hydrogen) atoms. The van der Waals surface area contributed by atoms with Crippen LogP contribution in [-0.4, -0.2) is 36.1 Å². The van der Waals surface area contributed by atoms with Crippen LogP contribution in [0.3, 0.4) is 0 Å². The highest BCUT2D eigenvalue weighted by Gasteiger charge is 2.35. The van der Waals surface area contributed by atoms with Crippen molar-refractivity contribution in [2.75, 3.05) is 13.1 Å². The molecule has 1 N–H and O–H groups in total. The lowest BCUT2D eigenvalue weighted by molar-refractivity contribution is 0.0626. The van der Waals surface area contributed by atoms with Crippen molar-refractivity contribution in [2.45, 2.75) is 72.0 Å². The molecule has 2 nitrogen and oxygen atoms in total. The second kappa shape index (κ2) is 6.59. The maximum atomic E-state index is 5.75. The van der Waals surface area contributed by atoms with Gasteiger partial charge in [-0.05, 0) is 18.3 Å². The molecule has 0 aliphatic carbocycles. The molecule has 3 atom stereocenters. The number of nitrogens with one attached hydrogen (secondary N) is 1. The lowest BCUT2D eigenvalue weighted by atomic mass is 9.84. The van der Waals surface area contributed by atoms with Gasteiger partial charge in [0.15, 0.2) is 0 Å². The molecule has 1 saturated heterocycles. The Labute approximate surface area is 114 Å². The van der Waals surface area contributed by atoms with E-state index < -0.39 is 0 Å². The van der Waals surface area contributed by atoms with Gasteiger partial charge < -0.3 is 5.32 Å². The topological polar surface area (TPSA) is 15.3 Å². The molecule has 0 spiro atoms. The minimum atomic E-state index is 0.294. The summed E-state index contributed by atoms with van der Waals surface area (Å²) in [6, 6.07) is 1.44. The van der Waals surface area contributed by atoms with Crippen LogP contribution in [-0.2, 0) is 0 Å². The van der Waals surface area contributed by atoms with Gasteiger partial charge in [-0.25, -0.2) is 0 Å². The Morgan fingerprint density at radius 2 is 2.06 bits per heavy atom. The molecular formula is C16H30N2. The summed E-state index contributed by atoms with van der Waals surface area (Å²) in [5, 5.41) is 3.70. The predicted octanol–water partition coefficient (Wildman–Crippen LogP) is 2.89. The van der Waals surface area contributed by atoms with E-state index >= 15 is 0 Å². The van der Waals surface area contributed by atoms with Gasteiger partial charge >= 0.3 is 0 Å². The van der Waals surface area contributed by atoms with Gasteiger partial charge in [0.1, 0.15) is 0 Å². The summed E-state index contributed by atoms with van der Waals surface area (Å²) in [6.45, 7) is 13.5. The standard InChI is InChI=1S/C16H30N2/c1-7-10-13(8-2)18-12-15(16(4,5)6)17-11-14(18)9-3/h2,13-15,17H,7,9-12H2,1,3-6H3. The maximum Gasteiger partial charge on any atom is 0.0715 e. The molecular weight excluding hydrogens is 220 g/mol. The van der Waals surface area contributed by atoms with Gasteiger partial charge in [-0.1, -0.05) is 47.0 Å². The van der Waals surface area contributed by atoms with Gasteiger partial charge in [-0.3, -0.25) is 4.90 Å². The normalized spacial score (nSPS) is 27.8. The van der Waals surface area contributed by atoms with Crippen molar-refractivity contribution < 1.29 is 0 Å². The summed E-state index contributed by atoms with van der Waals surface area (Å²) in [4.78, 5) is 2.57. The molecule has 0 saturated carbocycles. The summed E-state index contributed by atoms with van der Waals surface area (Å²) in [6.07, 6.45) is 9.20. The van der Waals surface area contributed by atoms with Gasteiger partial charge in [0.05, 0.1) is 6.04 Å². The van der Waals surface area contributed by atoms with E-state index in [4.69, 9.17) is 6.42 Å². The average molecular weight is 250 g/mol. The van der Waals surface area contributed by atoms with Crippen molar-refractivity contribution >= 4 is 0 Å². The van der Waals surface area contributed by atoms with Crippen LogP contribution in [0.4, 0.5) is 0 Å². The monoisotopic (exact) mass is 250 g/mol. The van der Waals surface area contributed by atoms with Crippen molar-refractivity contribution in [3.63, 3.8) is 0 Å². The molecule has 3 unspecified atom stereocenters. The summed E-state index contributed by atoms with van der Waals surface area (Å²) < 4.78 is 0. The zero-order valence-corrected chi connectivity index (χ0v) is 12.8. The van der Waals surface area contributed by atoms with Crippen molar-refractivity contribution in [1.29, 1.82) is 0 Å². The van der Waals surface area contributed by atoms with Gasteiger partial charge in [0.25, 0.3) is 0 Å². The predicted molar refractivity (Wildman–Crippen MR) is 79.6 cm³/mol. The van der Waals surface area contributed by atoms with Gasteiger partial charge in [0, 0.05) is 25.2 Å². The third kappa shape index (κ3) is 3.73. The van der Waals surface area contributed by atoms with Crippen LogP contribution < -0.4 is 5.32 Å². The quantitative estimate of drug-likeness (QED) is 0.772. The van der Waals surface area contributed by atoms with Crippen molar-refractivity contribution in [2.24, 2.45) is 5.41 Å². The summed E-state index contributed by atoms with van der Waals surface area (Å²) in [5.41, 5.74) is 0.294.